The molecule has 1 heterocycles. The highest BCUT2D eigenvalue weighted by atomic mass is 16.5. The summed E-state index contributed by atoms with van der Waals surface area (Å²) in [6.45, 7) is 6.80. The van der Waals surface area contributed by atoms with Crippen LogP contribution in [0.1, 0.15) is 27.3 Å². The molecule has 0 fully saturated rings. The average Bonchev–Trinajstić information content (AvgIpc) is 2.45. The van der Waals surface area contributed by atoms with Gasteiger partial charge in [-0.25, -0.2) is 4.98 Å². The number of hydrogen-bond donors (Lipinski definition) is 1. The minimum atomic E-state index is -0.178. The van der Waals surface area contributed by atoms with Gasteiger partial charge in [-0.15, -0.1) is 0 Å². The number of nitrogens with zero attached hydrogens (tertiary/aromatic N) is 1. The number of rotatable bonds is 5. The Bertz CT molecular complexity index is 638. The van der Waals surface area contributed by atoms with E-state index in [1.165, 1.54) is 5.56 Å². The van der Waals surface area contributed by atoms with E-state index in [9.17, 15) is 4.79 Å². The molecule has 0 aliphatic carbocycles. The third-order valence-electron chi connectivity index (χ3n) is 3.10. The molecule has 21 heavy (non-hydrogen) atoms. The van der Waals surface area contributed by atoms with Gasteiger partial charge in [-0.3, -0.25) is 4.79 Å². The minimum Gasteiger partial charge on any atom is -0.491 e. The summed E-state index contributed by atoms with van der Waals surface area (Å²) in [5.74, 6) is 0.673. The van der Waals surface area contributed by atoms with Crippen molar-refractivity contribution >= 4 is 5.91 Å². The molecule has 1 amide bonds. The molecule has 0 spiro atoms. The largest absolute Gasteiger partial charge is 0.491 e. The molecular formula is C17H20N2O2. The number of pyridine rings is 1. The Labute approximate surface area is 125 Å². The second kappa shape index (κ2) is 6.88. The average molecular weight is 284 g/mol. The van der Waals surface area contributed by atoms with Gasteiger partial charge in [-0.1, -0.05) is 23.8 Å². The van der Waals surface area contributed by atoms with Crippen LogP contribution in [0, 0.1) is 20.8 Å². The fourth-order valence-corrected chi connectivity index (χ4v) is 2.05. The number of nitrogens with one attached hydrogen (secondary N) is 1. The van der Waals surface area contributed by atoms with Crippen molar-refractivity contribution in [1.82, 2.24) is 10.3 Å². The quantitative estimate of drug-likeness (QED) is 0.859. The zero-order valence-electron chi connectivity index (χ0n) is 12.6. The zero-order chi connectivity index (χ0) is 15.2. The Kier molecular flexibility index (Phi) is 4.93. The summed E-state index contributed by atoms with van der Waals surface area (Å²) >= 11 is 0. The van der Waals surface area contributed by atoms with Crippen LogP contribution in [0.5, 0.6) is 5.75 Å². The number of amides is 1. The Morgan fingerprint density at radius 2 is 2.00 bits per heavy atom. The van der Waals surface area contributed by atoms with Gasteiger partial charge in [0.15, 0.2) is 0 Å². The van der Waals surface area contributed by atoms with Crippen molar-refractivity contribution in [2.24, 2.45) is 0 Å². The minimum absolute atomic E-state index is 0.178. The summed E-state index contributed by atoms with van der Waals surface area (Å²) in [6.07, 6.45) is 0. The maximum absolute atomic E-state index is 11.9. The van der Waals surface area contributed by atoms with E-state index in [4.69, 9.17) is 4.74 Å². The Balaban J connectivity index is 1.80. The van der Waals surface area contributed by atoms with Gasteiger partial charge in [0.05, 0.1) is 6.54 Å². The van der Waals surface area contributed by atoms with E-state index >= 15 is 0 Å². The molecule has 2 rings (SSSR count). The van der Waals surface area contributed by atoms with Crippen molar-refractivity contribution < 1.29 is 9.53 Å². The number of carbonyl (C=O) groups excluding carboxylic acids is 1. The summed E-state index contributed by atoms with van der Waals surface area (Å²) in [4.78, 5) is 16.1. The molecule has 1 aromatic carbocycles. The van der Waals surface area contributed by atoms with Gasteiger partial charge in [-0.05, 0) is 44.5 Å². The van der Waals surface area contributed by atoms with E-state index in [1.807, 2.05) is 45.0 Å². The number of aromatic nitrogens is 1. The van der Waals surface area contributed by atoms with Gasteiger partial charge in [0.25, 0.3) is 5.91 Å². The molecule has 0 aliphatic heterocycles. The van der Waals surface area contributed by atoms with Crippen LogP contribution >= 0.6 is 0 Å². The molecule has 4 heteroatoms. The predicted octanol–water partition coefficient (Wildman–Crippen LogP) is 2.82. The molecule has 0 aliphatic rings. The lowest BCUT2D eigenvalue weighted by atomic mass is 10.1. The summed E-state index contributed by atoms with van der Waals surface area (Å²) in [6, 6.07) is 11.4. The van der Waals surface area contributed by atoms with Gasteiger partial charge in [0.2, 0.25) is 0 Å². The standard InChI is InChI=1S/C17H20N2O2/c1-12-7-8-16(13(2)11-12)21-10-9-18-17(20)15-6-4-5-14(3)19-15/h4-8,11H,9-10H2,1-3H3,(H,18,20). The molecule has 1 aromatic heterocycles. The molecule has 2 aromatic rings. The third kappa shape index (κ3) is 4.31. The Morgan fingerprint density at radius 3 is 2.71 bits per heavy atom. The first kappa shape index (κ1) is 15.0. The highest BCUT2D eigenvalue weighted by Crippen LogP contribution is 2.18. The van der Waals surface area contributed by atoms with Gasteiger partial charge < -0.3 is 10.1 Å². The molecule has 1 N–H and O–H groups in total. The number of carbonyl (C=O) groups is 1. The van der Waals surface area contributed by atoms with Crippen LogP contribution < -0.4 is 10.1 Å². The van der Waals surface area contributed by atoms with Crippen LogP contribution in [0.15, 0.2) is 36.4 Å². The second-order valence-corrected chi connectivity index (χ2v) is 5.04. The zero-order valence-corrected chi connectivity index (χ0v) is 12.6. The van der Waals surface area contributed by atoms with E-state index in [0.717, 1.165) is 17.0 Å². The van der Waals surface area contributed by atoms with Crippen LogP contribution in [0.25, 0.3) is 0 Å². The van der Waals surface area contributed by atoms with Crippen LogP contribution in [0.2, 0.25) is 0 Å². The van der Waals surface area contributed by atoms with Crippen molar-refractivity contribution in [2.45, 2.75) is 20.8 Å². The molecule has 0 atom stereocenters. The molecule has 110 valence electrons. The van der Waals surface area contributed by atoms with Crippen LogP contribution in [-0.4, -0.2) is 24.0 Å². The Morgan fingerprint density at radius 1 is 1.19 bits per heavy atom. The van der Waals surface area contributed by atoms with Crippen molar-refractivity contribution in [2.75, 3.05) is 13.2 Å². The van der Waals surface area contributed by atoms with E-state index in [-0.39, 0.29) is 5.91 Å². The number of hydrogen-bond acceptors (Lipinski definition) is 3. The Hall–Kier alpha value is -2.36. The first-order chi connectivity index (χ1) is 10.1. The summed E-state index contributed by atoms with van der Waals surface area (Å²) in [5.41, 5.74) is 3.57. The van der Waals surface area contributed by atoms with E-state index < -0.39 is 0 Å². The molecular weight excluding hydrogens is 264 g/mol. The van der Waals surface area contributed by atoms with Crippen LogP contribution in [-0.2, 0) is 0 Å². The number of benzene rings is 1. The fraction of sp³-hybridized carbons (Fsp3) is 0.294. The van der Waals surface area contributed by atoms with Gasteiger partial charge in [0, 0.05) is 5.69 Å². The maximum Gasteiger partial charge on any atom is 0.270 e. The SMILES string of the molecule is Cc1ccc(OCCNC(=O)c2cccc(C)n2)c(C)c1. The van der Waals surface area contributed by atoms with Gasteiger partial charge in [0.1, 0.15) is 18.1 Å². The van der Waals surface area contributed by atoms with Crippen LogP contribution in [0.3, 0.4) is 0 Å². The van der Waals surface area contributed by atoms with Crippen molar-refractivity contribution in [3.05, 3.63) is 58.9 Å². The normalized spacial score (nSPS) is 10.2. The third-order valence-corrected chi connectivity index (χ3v) is 3.10. The highest BCUT2D eigenvalue weighted by molar-refractivity contribution is 5.92. The lowest BCUT2D eigenvalue weighted by Gasteiger charge is -2.10. The molecule has 0 saturated carbocycles. The second-order valence-electron chi connectivity index (χ2n) is 5.04. The summed E-state index contributed by atoms with van der Waals surface area (Å²) in [7, 11) is 0. The van der Waals surface area contributed by atoms with Crippen LogP contribution in [0.4, 0.5) is 0 Å². The van der Waals surface area contributed by atoms with E-state index in [0.29, 0.717) is 18.8 Å². The fourth-order valence-electron chi connectivity index (χ4n) is 2.05. The van der Waals surface area contributed by atoms with Crippen molar-refractivity contribution in [3.8, 4) is 5.75 Å². The smallest absolute Gasteiger partial charge is 0.270 e. The topological polar surface area (TPSA) is 51.2 Å². The molecule has 4 nitrogen and oxygen atoms in total. The lowest BCUT2D eigenvalue weighted by molar-refractivity contribution is 0.0942. The lowest BCUT2D eigenvalue weighted by Crippen LogP contribution is -2.28. The number of ether oxygens (including phenoxy) is 1. The first-order valence-corrected chi connectivity index (χ1v) is 6.98. The maximum atomic E-state index is 11.9. The summed E-state index contributed by atoms with van der Waals surface area (Å²) < 4.78 is 5.67. The number of aryl methyl sites for hydroxylation is 3. The first-order valence-electron chi connectivity index (χ1n) is 6.98. The predicted molar refractivity (Wildman–Crippen MR) is 82.7 cm³/mol. The monoisotopic (exact) mass is 284 g/mol. The molecule has 0 saturated heterocycles. The molecule has 0 unspecified atom stereocenters. The van der Waals surface area contributed by atoms with Gasteiger partial charge >= 0.3 is 0 Å². The molecule has 0 radical (unpaired) electrons. The summed E-state index contributed by atoms with van der Waals surface area (Å²) in [5, 5.41) is 2.80. The molecule has 0 bridgehead atoms. The van der Waals surface area contributed by atoms with Gasteiger partial charge in [-0.2, -0.15) is 0 Å². The van der Waals surface area contributed by atoms with Crippen molar-refractivity contribution in [1.29, 1.82) is 0 Å². The van der Waals surface area contributed by atoms with E-state index in [2.05, 4.69) is 16.4 Å². The van der Waals surface area contributed by atoms with Crippen molar-refractivity contribution in [3.63, 3.8) is 0 Å². The highest BCUT2D eigenvalue weighted by Gasteiger charge is 2.06. The van der Waals surface area contributed by atoms with E-state index in [1.54, 1.807) is 6.07 Å².